The molecule has 5 heteroatoms. The van der Waals surface area contributed by atoms with Crippen LogP contribution in [-0.2, 0) is 14.3 Å². The number of amides is 2. The van der Waals surface area contributed by atoms with E-state index in [2.05, 4.69) is 6.92 Å². The molecule has 2 heterocycles. The van der Waals surface area contributed by atoms with Crippen molar-refractivity contribution in [2.24, 2.45) is 17.3 Å². The highest BCUT2D eigenvalue weighted by molar-refractivity contribution is 5.81. The zero-order chi connectivity index (χ0) is 15.7. The summed E-state index contributed by atoms with van der Waals surface area (Å²) in [6.07, 6.45) is 4.71. The molecule has 2 saturated heterocycles. The SMILES string of the molecule is COCCN1CC2(CCN(C(=O)C3CC(C)C3)CC2)CC1=O. The molecule has 0 bridgehead atoms. The van der Waals surface area contributed by atoms with Gasteiger partial charge < -0.3 is 14.5 Å². The molecule has 1 saturated carbocycles. The lowest BCUT2D eigenvalue weighted by Gasteiger charge is -2.42. The van der Waals surface area contributed by atoms with Crippen molar-refractivity contribution >= 4 is 11.8 Å². The third-order valence-corrected chi connectivity index (χ3v) is 5.83. The van der Waals surface area contributed by atoms with Gasteiger partial charge in [-0.15, -0.1) is 0 Å². The van der Waals surface area contributed by atoms with Gasteiger partial charge in [0.25, 0.3) is 0 Å². The molecule has 0 N–H and O–H groups in total. The molecule has 2 aliphatic heterocycles. The minimum atomic E-state index is 0.106. The largest absolute Gasteiger partial charge is 0.383 e. The molecule has 0 radical (unpaired) electrons. The first-order chi connectivity index (χ1) is 10.5. The second-order valence-electron chi connectivity index (χ2n) is 7.58. The minimum absolute atomic E-state index is 0.106. The average Bonchev–Trinajstić information content (AvgIpc) is 2.78. The fourth-order valence-corrected chi connectivity index (χ4v) is 4.29. The number of hydrogen-bond donors (Lipinski definition) is 0. The number of likely N-dealkylation sites (tertiary alicyclic amines) is 2. The maximum Gasteiger partial charge on any atom is 0.225 e. The number of hydrogen-bond acceptors (Lipinski definition) is 3. The predicted molar refractivity (Wildman–Crippen MR) is 83.2 cm³/mol. The van der Waals surface area contributed by atoms with E-state index in [1.165, 1.54) is 0 Å². The summed E-state index contributed by atoms with van der Waals surface area (Å²) in [6, 6.07) is 0. The van der Waals surface area contributed by atoms with E-state index in [0.29, 0.717) is 31.4 Å². The second-order valence-corrected chi connectivity index (χ2v) is 7.58. The Hall–Kier alpha value is -1.10. The standard InChI is InChI=1S/C17H28N2O3/c1-13-9-14(10-13)16(21)18-5-3-17(4-6-18)11-15(20)19(12-17)7-8-22-2/h13-14H,3-12H2,1-2H3. The first kappa shape index (κ1) is 15.8. The first-order valence-electron chi connectivity index (χ1n) is 8.58. The Kier molecular flexibility index (Phi) is 4.44. The van der Waals surface area contributed by atoms with Gasteiger partial charge in [-0.05, 0) is 31.6 Å². The van der Waals surface area contributed by atoms with Crippen LogP contribution >= 0.6 is 0 Å². The Morgan fingerprint density at radius 3 is 2.59 bits per heavy atom. The smallest absolute Gasteiger partial charge is 0.225 e. The molecule has 22 heavy (non-hydrogen) atoms. The van der Waals surface area contributed by atoms with Gasteiger partial charge in [0.05, 0.1) is 6.61 Å². The van der Waals surface area contributed by atoms with E-state index < -0.39 is 0 Å². The molecule has 3 aliphatic rings. The van der Waals surface area contributed by atoms with Gasteiger partial charge in [-0.1, -0.05) is 6.92 Å². The van der Waals surface area contributed by atoms with Gasteiger partial charge in [-0.25, -0.2) is 0 Å². The molecule has 0 aromatic rings. The normalized spacial score (nSPS) is 30.7. The van der Waals surface area contributed by atoms with Gasteiger partial charge in [0, 0.05) is 51.0 Å². The number of carbonyl (C=O) groups is 2. The maximum atomic E-state index is 12.4. The minimum Gasteiger partial charge on any atom is -0.383 e. The van der Waals surface area contributed by atoms with Crippen LogP contribution in [0.1, 0.15) is 39.0 Å². The number of carbonyl (C=O) groups excluding carboxylic acids is 2. The summed E-state index contributed by atoms with van der Waals surface area (Å²) in [6.45, 7) is 6.02. The first-order valence-corrected chi connectivity index (χ1v) is 8.58. The van der Waals surface area contributed by atoms with Crippen molar-refractivity contribution in [1.82, 2.24) is 9.80 Å². The van der Waals surface area contributed by atoms with Crippen LogP contribution in [0.25, 0.3) is 0 Å². The van der Waals surface area contributed by atoms with E-state index in [4.69, 9.17) is 4.74 Å². The van der Waals surface area contributed by atoms with Gasteiger partial charge >= 0.3 is 0 Å². The fraction of sp³-hybridized carbons (Fsp3) is 0.882. The van der Waals surface area contributed by atoms with E-state index in [0.717, 1.165) is 45.3 Å². The van der Waals surface area contributed by atoms with Gasteiger partial charge in [0.1, 0.15) is 0 Å². The van der Waals surface area contributed by atoms with Crippen molar-refractivity contribution in [3.05, 3.63) is 0 Å². The van der Waals surface area contributed by atoms with Gasteiger partial charge in [0.2, 0.25) is 11.8 Å². The summed E-state index contributed by atoms with van der Waals surface area (Å²) in [7, 11) is 1.67. The number of piperidine rings is 1. The van der Waals surface area contributed by atoms with Crippen LogP contribution in [0.5, 0.6) is 0 Å². The number of ether oxygens (including phenoxy) is 1. The monoisotopic (exact) mass is 308 g/mol. The van der Waals surface area contributed by atoms with Crippen molar-refractivity contribution in [3.8, 4) is 0 Å². The van der Waals surface area contributed by atoms with Crippen LogP contribution in [0.2, 0.25) is 0 Å². The lowest BCUT2D eigenvalue weighted by Crippen LogP contribution is -2.48. The predicted octanol–water partition coefficient (Wildman–Crippen LogP) is 1.52. The van der Waals surface area contributed by atoms with Crippen molar-refractivity contribution in [2.75, 3.05) is 39.9 Å². The molecule has 124 valence electrons. The van der Waals surface area contributed by atoms with Gasteiger partial charge in [-0.2, -0.15) is 0 Å². The lowest BCUT2D eigenvalue weighted by atomic mass is 9.74. The zero-order valence-corrected chi connectivity index (χ0v) is 13.8. The average molecular weight is 308 g/mol. The molecule has 1 aliphatic carbocycles. The quantitative estimate of drug-likeness (QED) is 0.791. The molecular formula is C17H28N2O3. The summed E-state index contributed by atoms with van der Waals surface area (Å²) in [4.78, 5) is 28.6. The fourth-order valence-electron chi connectivity index (χ4n) is 4.29. The Morgan fingerprint density at radius 2 is 2.00 bits per heavy atom. The van der Waals surface area contributed by atoms with Gasteiger partial charge in [0.15, 0.2) is 0 Å². The van der Waals surface area contributed by atoms with Gasteiger partial charge in [-0.3, -0.25) is 9.59 Å². The van der Waals surface area contributed by atoms with Crippen molar-refractivity contribution in [1.29, 1.82) is 0 Å². The molecule has 1 spiro atoms. The Labute approximate surface area is 133 Å². The van der Waals surface area contributed by atoms with E-state index in [-0.39, 0.29) is 17.2 Å². The Morgan fingerprint density at radius 1 is 1.32 bits per heavy atom. The highest BCUT2D eigenvalue weighted by Crippen LogP contribution is 2.42. The number of methoxy groups -OCH3 is 1. The third-order valence-electron chi connectivity index (χ3n) is 5.83. The van der Waals surface area contributed by atoms with Crippen molar-refractivity contribution in [3.63, 3.8) is 0 Å². The van der Waals surface area contributed by atoms with E-state index in [1.54, 1.807) is 7.11 Å². The van der Waals surface area contributed by atoms with Crippen LogP contribution in [0.4, 0.5) is 0 Å². The molecule has 0 atom stereocenters. The van der Waals surface area contributed by atoms with Crippen molar-refractivity contribution in [2.45, 2.75) is 39.0 Å². The Bertz CT molecular complexity index is 437. The highest BCUT2D eigenvalue weighted by Gasteiger charge is 2.46. The van der Waals surface area contributed by atoms with E-state index >= 15 is 0 Å². The molecule has 3 fully saturated rings. The van der Waals surface area contributed by atoms with Crippen LogP contribution < -0.4 is 0 Å². The van der Waals surface area contributed by atoms with Crippen LogP contribution in [0.3, 0.4) is 0 Å². The lowest BCUT2D eigenvalue weighted by molar-refractivity contribution is -0.142. The highest BCUT2D eigenvalue weighted by atomic mass is 16.5. The van der Waals surface area contributed by atoms with Crippen molar-refractivity contribution < 1.29 is 14.3 Å². The van der Waals surface area contributed by atoms with Crippen LogP contribution in [-0.4, -0.2) is 61.5 Å². The number of rotatable bonds is 4. The summed E-state index contributed by atoms with van der Waals surface area (Å²) >= 11 is 0. The summed E-state index contributed by atoms with van der Waals surface area (Å²) < 4.78 is 5.08. The zero-order valence-electron chi connectivity index (χ0n) is 13.8. The second kappa shape index (κ2) is 6.19. The molecule has 0 aromatic heterocycles. The summed E-state index contributed by atoms with van der Waals surface area (Å²) in [5.74, 6) is 1.59. The molecule has 0 aromatic carbocycles. The van der Waals surface area contributed by atoms with Crippen LogP contribution in [0, 0.1) is 17.3 Å². The molecule has 3 rings (SSSR count). The molecule has 5 nitrogen and oxygen atoms in total. The summed E-state index contributed by atoms with van der Waals surface area (Å²) in [5, 5.41) is 0. The third kappa shape index (κ3) is 3.00. The van der Waals surface area contributed by atoms with Crippen LogP contribution in [0.15, 0.2) is 0 Å². The molecule has 2 amide bonds. The molecular weight excluding hydrogens is 280 g/mol. The number of nitrogens with zero attached hydrogens (tertiary/aromatic N) is 2. The maximum absolute atomic E-state index is 12.4. The Balaban J connectivity index is 1.51. The topological polar surface area (TPSA) is 49.9 Å². The van der Waals surface area contributed by atoms with E-state index in [9.17, 15) is 9.59 Å². The summed E-state index contributed by atoms with van der Waals surface area (Å²) in [5.41, 5.74) is 0.106. The molecule has 0 unspecified atom stereocenters. The van der Waals surface area contributed by atoms with E-state index in [1.807, 2.05) is 9.80 Å².